The van der Waals surface area contributed by atoms with Gasteiger partial charge in [0.05, 0.1) is 6.61 Å². The van der Waals surface area contributed by atoms with Crippen LogP contribution in [0.1, 0.15) is 48.7 Å². The monoisotopic (exact) mass is 317 g/mol. The highest BCUT2D eigenvalue weighted by atomic mass is 16.3. The molecule has 5 heteroatoms. The fraction of sp³-hybridized carbons (Fsp3) is 0.667. The molecule has 23 heavy (non-hydrogen) atoms. The quantitative estimate of drug-likeness (QED) is 0.922. The number of nitrogens with zero attached hydrogens (tertiary/aromatic N) is 3. The van der Waals surface area contributed by atoms with Gasteiger partial charge in [0, 0.05) is 25.3 Å². The third kappa shape index (κ3) is 3.72. The summed E-state index contributed by atoms with van der Waals surface area (Å²) in [6.45, 7) is 6.38. The second-order valence-corrected chi connectivity index (χ2v) is 6.82. The number of aromatic nitrogens is 1. The van der Waals surface area contributed by atoms with Crippen LogP contribution in [0.4, 0.5) is 0 Å². The van der Waals surface area contributed by atoms with E-state index in [1.807, 2.05) is 4.90 Å². The minimum Gasteiger partial charge on any atom is -0.392 e. The molecule has 2 saturated heterocycles. The lowest BCUT2D eigenvalue weighted by molar-refractivity contribution is 0.0618. The predicted molar refractivity (Wildman–Crippen MR) is 89.1 cm³/mol. The first-order valence-corrected chi connectivity index (χ1v) is 8.78. The molecule has 0 saturated carbocycles. The summed E-state index contributed by atoms with van der Waals surface area (Å²) in [5.41, 5.74) is 1.18. The number of pyridine rings is 1. The number of carbonyl (C=O) groups excluding carboxylic acids is 1. The van der Waals surface area contributed by atoms with E-state index < -0.39 is 0 Å². The van der Waals surface area contributed by atoms with Crippen molar-refractivity contribution in [2.45, 2.75) is 45.3 Å². The molecule has 1 aromatic rings. The maximum atomic E-state index is 12.6. The molecule has 3 rings (SSSR count). The van der Waals surface area contributed by atoms with Gasteiger partial charge in [0.1, 0.15) is 5.69 Å². The van der Waals surface area contributed by atoms with Crippen LogP contribution in [0.2, 0.25) is 0 Å². The third-order valence-electron chi connectivity index (χ3n) is 5.45. The summed E-state index contributed by atoms with van der Waals surface area (Å²) in [7, 11) is 0. The minimum absolute atomic E-state index is 0.00687. The molecule has 1 atom stereocenters. The molecule has 0 radical (unpaired) electrons. The minimum atomic E-state index is -0.0573. The zero-order chi connectivity index (χ0) is 16.2. The Balaban J connectivity index is 1.56. The Labute approximate surface area is 138 Å². The highest BCUT2D eigenvalue weighted by molar-refractivity contribution is 5.92. The summed E-state index contributed by atoms with van der Waals surface area (Å²) in [6.07, 6.45) is 6.40. The number of amides is 1. The van der Waals surface area contributed by atoms with Crippen molar-refractivity contribution in [1.82, 2.24) is 14.8 Å². The molecule has 2 aliphatic heterocycles. The van der Waals surface area contributed by atoms with Gasteiger partial charge in [-0.3, -0.25) is 9.78 Å². The topological polar surface area (TPSA) is 56.7 Å². The van der Waals surface area contributed by atoms with Gasteiger partial charge < -0.3 is 14.9 Å². The molecule has 5 nitrogen and oxygen atoms in total. The van der Waals surface area contributed by atoms with Gasteiger partial charge in [-0.2, -0.15) is 0 Å². The SMILES string of the molecule is CC(C1CCN(C(=O)c2cc(CO)ccn2)CC1)N1CCCC1. The summed E-state index contributed by atoms with van der Waals surface area (Å²) in [5, 5.41) is 9.20. The van der Waals surface area contributed by atoms with E-state index in [-0.39, 0.29) is 12.5 Å². The normalized spacial score (nSPS) is 21.6. The third-order valence-corrected chi connectivity index (χ3v) is 5.45. The summed E-state index contributed by atoms with van der Waals surface area (Å²) in [6, 6.07) is 4.06. The van der Waals surface area contributed by atoms with Crippen LogP contribution >= 0.6 is 0 Å². The smallest absolute Gasteiger partial charge is 0.272 e. The second kappa shape index (κ2) is 7.41. The summed E-state index contributed by atoms with van der Waals surface area (Å²) >= 11 is 0. The maximum absolute atomic E-state index is 12.6. The molecule has 0 aliphatic carbocycles. The average Bonchev–Trinajstić information content (AvgIpc) is 3.15. The molecule has 0 bridgehead atoms. The summed E-state index contributed by atoms with van der Waals surface area (Å²) < 4.78 is 0. The fourth-order valence-electron chi connectivity index (χ4n) is 3.88. The van der Waals surface area contributed by atoms with Crippen molar-refractivity contribution in [2.75, 3.05) is 26.2 Å². The van der Waals surface area contributed by atoms with E-state index in [0.717, 1.165) is 31.5 Å². The van der Waals surface area contributed by atoms with E-state index >= 15 is 0 Å². The van der Waals surface area contributed by atoms with Crippen LogP contribution in [0.5, 0.6) is 0 Å². The fourth-order valence-corrected chi connectivity index (χ4v) is 3.88. The number of aliphatic hydroxyl groups is 1. The van der Waals surface area contributed by atoms with E-state index in [9.17, 15) is 9.90 Å². The van der Waals surface area contributed by atoms with Crippen molar-refractivity contribution in [1.29, 1.82) is 0 Å². The first kappa shape index (κ1) is 16.4. The molecule has 0 spiro atoms. The van der Waals surface area contributed by atoms with Crippen molar-refractivity contribution in [3.8, 4) is 0 Å². The standard InChI is InChI=1S/C18H27N3O2/c1-14(20-8-2-3-9-20)16-5-10-21(11-6-16)18(23)17-12-15(13-22)4-7-19-17/h4,7,12,14,16,22H,2-3,5-6,8-11,13H2,1H3. The summed E-state index contributed by atoms with van der Waals surface area (Å²) in [4.78, 5) is 21.3. The first-order chi connectivity index (χ1) is 11.2. The Kier molecular flexibility index (Phi) is 5.28. The average molecular weight is 317 g/mol. The lowest BCUT2D eigenvalue weighted by Crippen LogP contribution is -2.45. The number of hydrogen-bond donors (Lipinski definition) is 1. The molecule has 1 amide bonds. The number of rotatable bonds is 4. The van der Waals surface area contributed by atoms with E-state index in [4.69, 9.17) is 0 Å². The molecular weight excluding hydrogens is 290 g/mol. The van der Waals surface area contributed by atoms with Gasteiger partial charge in [-0.25, -0.2) is 0 Å². The van der Waals surface area contributed by atoms with Crippen molar-refractivity contribution >= 4 is 5.91 Å². The van der Waals surface area contributed by atoms with E-state index in [1.165, 1.54) is 25.9 Å². The van der Waals surface area contributed by atoms with Gasteiger partial charge in [0.2, 0.25) is 0 Å². The lowest BCUT2D eigenvalue weighted by atomic mass is 9.89. The second-order valence-electron chi connectivity index (χ2n) is 6.82. The first-order valence-electron chi connectivity index (χ1n) is 8.78. The lowest BCUT2D eigenvalue weighted by Gasteiger charge is -2.38. The molecule has 1 unspecified atom stereocenters. The predicted octanol–water partition coefficient (Wildman–Crippen LogP) is 1.91. The molecular formula is C18H27N3O2. The van der Waals surface area contributed by atoms with Crippen LogP contribution in [0.25, 0.3) is 0 Å². The van der Waals surface area contributed by atoms with Gasteiger partial charge in [0.15, 0.2) is 0 Å². The zero-order valence-corrected chi connectivity index (χ0v) is 13.9. The van der Waals surface area contributed by atoms with Crippen LogP contribution in [0.3, 0.4) is 0 Å². The van der Waals surface area contributed by atoms with E-state index in [1.54, 1.807) is 18.3 Å². The highest BCUT2D eigenvalue weighted by Gasteiger charge is 2.30. The van der Waals surface area contributed by atoms with Crippen molar-refractivity contribution < 1.29 is 9.90 Å². The Morgan fingerprint density at radius 1 is 1.30 bits per heavy atom. The molecule has 2 aliphatic rings. The maximum Gasteiger partial charge on any atom is 0.272 e. The van der Waals surface area contributed by atoms with Crippen LogP contribution in [-0.4, -0.2) is 58.0 Å². The van der Waals surface area contributed by atoms with Gasteiger partial charge in [-0.1, -0.05) is 0 Å². The van der Waals surface area contributed by atoms with Gasteiger partial charge in [-0.05, 0) is 69.3 Å². The Morgan fingerprint density at radius 2 is 2.00 bits per heavy atom. The Morgan fingerprint density at radius 3 is 2.65 bits per heavy atom. The van der Waals surface area contributed by atoms with Gasteiger partial charge in [-0.15, -0.1) is 0 Å². The van der Waals surface area contributed by atoms with Crippen LogP contribution in [0.15, 0.2) is 18.3 Å². The largest absolute Gasteiger partial charge is 0.392 e. The van der Waals surface area contributed by atoms with Crippen LogP contribution in [-0.2, 0) is 6.61 Å². The molecule has 1 aromatic heterocycles. The van der Waals surface area contributed by atoms with Crippen LogP contribution < -0.4 is 0 Å². The van der Waals surface area contributed by atoms with Crippen molar-refractivity contribution in [2.24, 2.45) is 5.92 Å². The number of likely N-dealkylation sites (tertiary alicyclic amines) is 2. The Bertz CT molecular complexity index is 535. The molecule has 0 aromatic carbocycles. The summed E-state index contributed by atoms with van der Waals surface area (Å²) in [5.74, 6) is 0.682. The molecule has 126 valence electrons. The van der Waals surface area contributed by atoms with Gasteiger partial charge >= 0.3 is 0 Å². The van der Waals surface area contributed by atoms with Crippen LogP contribution in [0, 0.1) is 5.92 Å². The van der Waals surface area contributed by atoms with Crippen molar-refractivity contribution in [3.05, 3.63) is 29.6 Å². The molecule has 1 N–H and O–H groups in total. The van der Waals surface area contributed by atoms with Crippen molar-refractivity contribution in [3.63, 3.8) is 0 Å². The van der Waals surface area contributed by atoms with Gasteiger partial charge in [0.25, 0.3) is 5.91 Å². The Hall–Kier alpha value is -1.46. The number of hydrogen-bond acceptors (Lipinski definition) is 4. The highest BCUT2D eigenvalue weighted by Crippen LogP contribution is 2.27. The molecule has 3 heterocycles. The number of aliphatic hydroxyl groups excluding tert-OH is 1. The van der Waals surface area contributed by atoms with E-state index in [2.05, 4.69) is 16.8 Å². The number of piperidine rings is 1. The molecule has 2 fully saturated rings. The van der Waals surface area contributed by atoms with E-state index in [0.29, 0.717) is 17.7 Å². The number of carbonyl (C=O) groups is 1. The zero-order valence-electron chi connectivity index (χ0n) is 13.9.